The summed E-state index contributed by atoms with van der Waals surface area (Å²) in [6, 6.07) is 16.4. The van der Waals surface area contributed by atoms with Gasteiger partial charge >= 0.3 is 0 Å². The van der Waals surface area contributed by atoms with Crippen molar-refractivity contribution in [1.82, 2.24) is 4.57 Å². The first-order chi connectivity index (χ1) is 9.28. The van der Waals surface area contributed by atoms with E-state index in [1.807, 2.05) is 24.3 Å². The predicted molar refractivity (Wildman–Crippen MR) is 82.6 cm³/mol. The lowest BCUT2D eigenvalue weighted by atomic mass is 10.2. The lowest BCUT2D eigenvalue weighted by Crippen LogP contribution is -1.97. The standard InChI is InChI=1S/C17H14ClN/c1-2-14-12-19(11-13-6-4-3-5-7-13)17-10-15(18)8-9-16(14)17/h2-10,12H,1,11H2. The Labute approximate surface area is 117 Å². The first-order valence-corrected chi connectivity index (χ1v) is 6.60. The van der Waals surface area contributed by atoms with E-state index in [1.54, 1.807) is 0 Å². The Balaban J connectivity index is 2.13. The molecule has 1 nitrogen and oxygen atoms in total. The molecule has 2 heteroatoms. The SMILES string of the molecule is C=Cc1cn(Cc2ccccc2)c2cc(Cl)ccc12. The van der Waals surface area contributed by atoms with Crippen LogP contribution < -0.4 is 0 Å². The zero-order chi connectivity index (χ0) is 13.2. The Morgan fingerprint density at radius 3 is 2.63 bits per heavy atom. The van der Waals surface area contributed by atoms with E-state index < -0.39 is 0 Å². The molecule has 0 fully saturated rings. The second-order valence-corrected chi connectivity index (χ2v) is 5.00. The molecule has 0 saturated carbocycles. The zero-order valence-electron chi connectivity index (χ0n) is 10.5. The quantitative estimate of drug-likeness (QED) is 0.630. The number of rotatable bonds is 3. The van der Waals surface area contributed by atoms with Gasteiger partial charge in [0.1, 0.15) is 0 Å². The summed E-state index contributed by atoms with van der Waals surface area (Å²) in [6.45, 7) is 4.72. The van der Waals surface area contributed by atoms with Gasteiger partial charge in [-0.2, -0.15) is 0 Å². The Morgan fingerprint density at radius 1 is 1.11 bits per heavy atom. The molecule has 0 atom stereocenters. The second-order valence-electron chi connectivity index (χ2n) is 4.56. The maximum atomic E-state index is 6.11. The van der Waals surface area contributed by atoms with Crippen molar-refractivity contribution in [2.45, 2.75) is 6.54 Å². The smallest absolute Gasteiger partial charge is 0.0504 e. The van der Waals surface area contributed by atoms with Gasteiger partial charge in [0.2, 0.25) is 0 Å². The lowest BCUT2D eigenvalue weighted by molar-refractivity contribution is 0.836. The lowest BCUT2D eigenvalue weighted by Gasteiger charge is -2.05. The fourth-order valence-corrected chi connectivity index (χ4v) is 2.53. The molecule has 3 rings (SSSR count). The van der Waals surface area contributed by atoms with Crippen LogP contribution in [0.25, 0.3) is 17.0 Å². The minimum atomic E-state index is 0.760. The van der Waals surface area contributed by atoms with Gasteiger partial charge in [-0.1, -0.05) is 60.7 Å². The van der Waals surface area contributed by atoms with Gasteiger partial charge < -0.3 is 4.57 Å². The molecule has 0 radical (unpaired) electrons. The van der Waals surface area contributed by atoms with Crippen LogP contribution in [0.2, 0.25) is 5.02 Å². The van der Waals surface area contributed by atoms with Crippen LogP contribution in [-0.2, 0) is 6.54 Å². The summed E-state index contributed by atoms with van der Waals surface area (Å²) in [4.78, 5) is 0. The fraction of sp³-hybridized carbons (Fsp3) is 0.0588. The predicted octanol–water partition coefficient (Wildman–Crippen LogP) is 4.99. The Kier molecular flexibility index (Phi) is 3.14. The molecular formula is C17H14ClN. The molecule has 0 aliphatic heterocycles. The number of nitrogens with zero attached hydrogens (tertiary/aromatic N) is 1. The third-order valence-corrected chi connectivity index (χ3v) is 3.53. The summed E-state index contributed by atoms with van der Waals surface area (Å²) in [6.07, 6.45) is 4.01. The van der Waals surface area contributed by atoms with Crippen LogP contribution in [0.5, 0.6) is 0 Å². The highest BCUT2D eigenvalue weighted by atomic mass is 35.5. The van der Waals surface area contributed by atoms with E-state index in [9.17, 15) is 0 Å². The number of hydrogen-bond acceptors (Lipinski definition) is 0. The van der Waals surface area contributed by atoms with Crippen molar-refractivity contribution in [1.29, 1.82) is 0 Å². The maximum absolute atomic E-state index is 6.11. The molecule has 0 aliphatic rings. The van der Waals surface area contributed by atoms with Crippen LogP contribution in [0.15, 0.2) is 61.3 Å². The van der Waals surface area contributed by atoms with E-state index in [0.29, 0.717) is 0 Å². The third kappa shape index (κ3) is 2.29. The van der Waals surface area contributed by atoms with Gasteiger partial charge in [0.05, 0.1) is 5.52 Å². The molecule has 0 aliphatic carbocycles. The number of hydrogen-bond donors (Lipinski definition) is 0. The van der Waals surface area contributed by atoms with Crippen LogP contribution in [0.4, 0.5) is 0 Å². The summed E-state index contributed by atoms with van der Waals surface area (Å²) in [5.74, 6) is 0. The largest absolute Gasteiger partial charge is 0.342 e. The van der Waals surface area contributed by atoms with Crippen molar-refractivity contribution in [2.75, 3.05) is 0 Å². The molecule has 0 unspecified atom stereocenters. The van der Waals surface area contributed by atoms with Gasteiger partial charge in [-0.3, -0.25) is 0 Å². The highest BCUT2D eigenvalue weighted by molar-refractivity contribution is 6.31. The molecule has 0 N–H and O–H groups in total. The van der Waals surface area contributed by atoms with Gasteiger partial charge in [0.15, 0.2) is 0 Å². The van der Waals surface area contributed by atoms with Crippen LogP contribution in [-0.4, -0.2) is 4.57 Å². The molecule has 2 aromatic carbocycles. The Hall–Kier alpha value is -1.99. The number of benzene rings is 2. The van der Waals surface area contributed by atoms with Crippen LogP contribution in [0.3, 0.4) is 0 Å². The molecule has 94 valence electrons. The van der Waals surface area contributed by atoms with E-state index in [1.165, 1.54) is 10.9 Å². The minimum Gasteiger partial charge on any atom is -0.342 e. The molecule has 1 aromatic heterocycles. The van der Waals surface area contributed by atoms with E-state index in [0.717, 1.165) is 22.6 Å². The average molecular weight is 268 g/mol. The molecule has 0 spiro atoms. The van der Waals surface area contributed by atoms with Crippen LogP contribution >= 0.6 is 11.6 Å². The van der Waals surface area contributed by atoms with Gasteiger partial charge in [-0.05, 0) is 23.3 Å². The summed E-state index contributed by atoms with van der Waals surface area (Å²) in [7, 11) is 0. The number of fused-ring (bicyclic) bond motifs is 1. The van der Waals surface area contributed by atoms with Crippen molar-refractivity contribution in [3.8, 4) is 0 Å². The van der Waals surface area contributed by atoms with Crippen molar-refractivity contribution < 1.29 is 0 Å². The summed E-state index contributed by atoms with van der Waals surface area (Å²) < 4.78 is 2.22. The van der Waals surface area contributed by atoms with Crippen LogP contribution in [0, 0.1) is 0 Å². The van der Waals surface area contributed by atoms with E-state index in [-0.39, 0.29) is 0 Å². The van der Waals surface area contributed by atoms with Crippen molar-refractivity contribution in [2.24, 2.45) is 0 Å². The van der Waals surface area contributed by atoms with E-state index in [4.69, 9.17) is 11.6 Å². The van der Waals surface area contributed by atoms with Crippen LogP contribution in [0.1, 0.15) is 11.1 Å². The normalized spacial score (nSPS) is 10.8. The van der Waals surface area contributed by atoms with Crippen molar-refractivity contribution in [3.05, 3.63) is 77.5 Å². The highest BCUT2D eigenvalue weighted by Crippen LogP contribution is 2.26. The van der Waals surface area contributed by atoms with Gasteiger partial charge in [0, 0.05) is 23.2 Å². The topological polar surface area (TPSA) is 4.93 Å². The summed E-state index contributed by atoms with van der Waals surface area (Å²) in [5.41, 5.74) is 3.56. The first-order valence-electron chi connectivity index (χ1n) is 6.22. The number of halogens is 1. The van der Waals surface area contributed by atoms with Crippen molar-refractivity contribution >= 4 is 28.6 Å². The molecule has 1 heterocycles. The van der Waals surface area contributed by atoms with E-state index in [2.05, 4.69) is 47.7 Å². The molecule has 3 aromatic rings. The molecule has 0 saturated heterocycles. The monoisotopic (exact) mass is 267 g/mol. The third-order valence-electron chi connectivity index (χ3n) is 3.29. The molecule has 0 bridgehead atoms. The molecule has 19 heavy (non-hydrogen) atoms. The number of aromatic nitrogens is 1. The van der Waals surface area contributed by atoms with Gasteiger partial charge in [-0.25, -0.2) is 0 Å². The Morgan fingerprint density at radius 2 is 1.89 bits per heavy atom. The Bertz CT molecular complexity index is 726. The summed E-state index contributed by atoms with van der Waals surface area (Å²) in [5, 5.41) is 1.95. The molecule has 0 amide bonds. The first kappa shape index (κ1) is 12.1. The summed E-state index contributed by atoms with van der Waals surface area (Å²) >= 11 is 6.11. The van der Waals surface area contributed by atoms with Gasteiger partial charge in [0.25, 0.3) is 0 Å². The molecular weight excluding hydrogens is 254 g/mol. The fourth-order valence-electron chi connectivity index (χ4n) is 2.37. The minimum absolute atomic E-state index is 0.760. The van der Waals surface area contributed by atoms with Gasteiger partial charge in [-0.15, -0.1) is 0 Å². The zero-order valence-corrected chi connectivity index (χ0v) is 11.3. The maximum Gasteiger partial charge on any atom is 0.0504 e. The second kappa shape index (κ2) is 4.94. The van der Waals surface area contributed by atoms with Crippen molar-refractivity contribution in [3.63, 3.8) is 0 Å². The highest BCUT2D eigenvalue weighted by Gasteiger charge is 2.07. The van der Waals surface area contributed by atoms with E-state index >= 15 is 0 Å². The average Bonchev–Trinajstić information content (AvgIpc) is 2.77.